The smallest absolute Gasteiger partial charge is 0.139 e. The lowest BCUT2D eigenvalue weighted by molar-refractivity contribution is 0.592. The zero-order valence-corrected chi connectivity index (χ0v) is 31.6. The molecule has 3 nitrogen and oxygen atoms in total. The second-order valence-electron chi connectivity index (χ2n) is 15.8. The van der Waals surface area contributed by atoms with E-state index < -0.39 is 0 Å². The van der Waals surface area contributed by atoms with Crippen LogP contribution in [-0.4, -0.2) is 0 Å². The van der Waals surface area contributed by atoms with Crippen molar-refractivity contribution in [1.29, 1.82) is 0 Å². The van der Waals surface area contributed by atoms with E-state index in [-0.39, 0.29) is 10.8 Å². The van der Waals surface area contributed by atoms with E-state index >= 15 is 0 Å². The first-order valence-electron chi connectivity index (χ1n) is 19.2. The van der Waals surface area contributed by atoms with Crippen LogP contribution in [0.5, 0.6) is 0 Å². The third-order valence-electron chi connectivity index (χ3n) is 11.8. The average molecular weight is 711 g/mol. The molecule has 0 aliphatic heterocycles. The van der Waals surface area contributed by atoms with Crippen molar-refractivity contribution in [2.45, 2.75) is 38.5 Å². The maximum atomic E-state index is 7.08. The Morgan fingerprint density at radius 3 is 1.25 bits per heavy atom. The topological polar surface area (TPSA) is 19.6 Å². The Bertz CT molecular complexity index is 2650. The summed E-state index contributed by atoms with van der Waals surface area (Å²) in [5, 5.41) is 0. The van der Waals surface area contributed by atoms with Gasteiger partial charge in [0.25, 0.3) is 0 Å². The van der Waals surface area contributed by atoms with Gasteiger partial charge in [-0.05, 0) is 95.6 Å². The molecule has 0 radical (unpaired) electrons. The van der Waals surface area contributed by atoms with Gasteiger partial charge in [0.2, 0.25) is 0 Å². The van der Waals surface area contributed by atoms with E-state index in [0.717, 1.165) is 45.6 Å². The number of hydrogen-bond donors (Lipinski definition) is 0. The summed E-state index contributed by atoms with van der Waals surface area (Å²) >= 11 is 0. The Morgan fingerprint density at radius 1 is 0.364 bits per heavy atom. The van der Waals surface area contributed by atoms with Crippen LogP contribution in [0.4, 0.5) is 34.1 Å². The molecule has 0 atom stereocenters. The highest BCUT2D eigenvalue weighted by atomic mass is 16.3. The molecule has 8 aromatic rings. The number of hydrogen-bond acceptors (Lipinski definition) is 3. The summed E-state index contributed by atoms with van der Waals surface area (Å²) in [6, 6.07) is 65.2. The minimum Gasteiger partial charge on any atom is -0.455 e. The van der Waals surface area contributed by atoms with Crippen molar-refractivity contribution in [3.63, 3.8) is 0 Å². The lowest BCUT2D eigenvalue weighted by atomic mass is 9.74. The zero-order valence-electron chi connectivity index (χ0n) is 31.6. The van der Waals surface area contributed by atoms with Crippen molar-refractivity contribution in [3.8, 4) is 33.8 Å². The molecule has 1 aromatic heterocycles. The molecule has 1 heterocycles. The van der Waals surface area contributed by atoms with Crippen molar-refractivity contribution in [1.82, 2.24) is 0 Å². The van der Waals surface area contributed by atoms with E-state index in [1.807, 2.05) is 0 Å². The van der Waals surface area contributed by atoms with E-state index in [9.17, 15) is 0 Å². The first kappa shape index (κ1) is 33.0. The van der Waals surface area contributed by atoms with Gasteiger partial charge in [0, 0.05) is 67.1 Å². The van der Waals surface area contributed by atoms with Crippen LogP contribution >= 0.6 is 0 Å². The van der Waals surface area contributed by atoms with E-state index in [1.165, 1.54) is 44.5 Å². The third-order valence-corrected chi connectivity index (χ3v) is 11.8. The normalized spacial score (nSPS) is 14.1. The fourth-order valence-electron chi connectivity index (χ4n) is 9.18. The maximum absolute atomic E-state index is 7.08. The van der Waals surface area contributed by atoms with E-state index in [0.29, 0.717) is 0 Å². The van der Waals surface area contributed by atoms with Gasteiger partial charge in [-0.3, -0.25) is 0 Å². The minimum atomic E-state index is -0.290. The molecule has 2 aliphatic rings. The Balaban J connectivity index is 1.08. The van der Waals surface area contributed by atoms with Crippen molar-refractivity contribution in [2.75, 3.05) is 9.80 Å². The SMILES string of the molecule is CC1(C)c2cc(N(c3ccccc3)c3ccccc3)ccc2-c2oc3c(c21)C(C)(C)c1cc(N(c2ccccc2)c2ccccc2-c2ccccc2)ccc1-3. The molecular formula is C52H42N2O. The van der Waals surface area contributed by atoms with Gasteiger partial charge in [-0.1, -0.05) is 131 Å². The standard InChI is InChI=1S/C52H42N2O/c1-51(2)44-33-39(53(36-21-11-6-12-22-36)37-23-13-7-14-24-37)29-31-42(44)49-47(51)48-50(55-49)43-32-30-40(34-45(43)52(48,3)4)54(38-25-15-8-16-26-38)46-28-18-17-27-41(46)35-19-9-5-10-20-35/h5-34H,1-4H3. The van der Waals surface area contributed by atoms with Gasteiger partial charge in [-0.25, -0.2) is 0 Å². The fraction of sp³-hybridized carbons (Fsp3) is 0.115. The maximum Gasteiger partial charge on any atom is 0.139 e. The largest absolute Gasteiger partial charge is 0.455 e. The van der Waals surface area contributed by atoms with E-state index in [1.54, 1.807) is 0 Å². The van der Waals surface area contributed by atoms with Gasteiger partial charge in [0.15, 0.2) is 0 Å². The van der Waals surface area contributed by atoms with Gasteiger partial charge < -0.3 is 14.2 Å². The van der Waals surface area contributed by atoms with Gasteiger partial charge in [0.05, 0.1) is 5.69 Å². The van der Waals surface area contributed by atoms with Crippen LogP contribution in [0.15, 0.2) is 186 Å². The van der Waals surface area contributed by atoms with E-state index in [4.69, 9.17) is 4.42 Å². The van der Waals surface area contributed by atoms with Crippen molar-refractivity contribution in [3.05, 3.63) is 204 Å². The summed E-state index contributed by atoms with van der Waals surface area (Å²) < 4.78 is 7.08. The molecule has 0 fully saturated rings. The summed E-state index contributed by atoms with van der Waals surface area (Å²) in [4.78, 5) is 4.74. The highest BCUT2D eigenvalue weighted by molar-refractivity contribution is 5.93. The second kappa shape index (κ2) is 12.5. The summed E-state index contributed by atoms with van der Waals surface area (Å²) in [6.07, 6.45) is 0. The zero-order chi connectivity index (χ0) is 37.3. The highest BCUT2D eigenvalue weighted by Gasteiger charge is 2.50. The minimum absolute atomic E-state index is 0.274. The molecule has 0 bridgehead atoms. The summed E-state index contributed by atoms with van der Waals surface area (Å²) in [7, 11) is 0. The molecule has 55 heavy (non-hydrogen) atoms. The molecule has 2 aliphatic carbocycles. The molecule has 3 heteroatoms. The van der Waals surface area contributed by atoms with Crippen LogP contribution in [0.1, 0.15) is 49.9 Å². The number of fused-ring (bicyclic) bond motifs is 7. The fourth-order valence-corrected chi connectivity index (χ4v) is 9.18. The van der Waals surface area contributed by atoms with Crippen LogP contribution in [-0.2, 0) is 10.8 Å². The van der Waals surface area contributed by atoms with Gasteiger partial charge in [-0.2, -0.15) is 0 Å². The molecule has 0 N–H and O–H groups in total. The van der Waals surface area contributed by atoms with Crippen LogP contribution < -0.4 is 9.80 Å². The summed E-state index contributed by atoms with van der Waals surface area (Å²) in [5.41, 5.74) is 16.1. The van der Waals surface area contributed by atoms with E-state index in [2.05, 4.69) is 219 Å². The third kappa shape index (κ3) is 5.11. The van der Waals surface area contributed by atoms with Gasteiger partial charge >= 0.3 is 0 Å². The first-order valence-corrected chi connectivity index (χ1v) is 19.2. The number of benzene rings is 7. The van der Waals surface area contributed by atoms with Crippen LogP contribution in [0, 0.1) is 0 Å². The van der Waals surface area contributed by atoms with Crippen LogP contribution in [0.25, 0.3) is 33.8 Å². The Hall–Kier alpha value is -6.58. The average Bonchev–Trinajstić information content (AvgIpc) is 3.81. The lowest BCUT2D eigenvalue weighted by Crippen LogP contribution is -2.23. The monoisotopic (exact) mass is 710 g/mol. The molecule has 0 amide bonds. The van der Waals surface area contributed by atoms with Crippen LogP contribution in [0.3, 0.4) is 0 Å². The summed E-state index contributed by atoms with van der Waals surface area (Å²) in [5.74, 6) is 2.01. The number of para-hydroxylation sites is 4. The van der Waals surface area contributed by atoms with Gasteiger partial charge in [0.1, 0.15) is 11.5 Å². The summed E-state index contributed by atoms with van der Waals surface area (Å²) in [6.45, 7) is 9.49. The predicted molar refractivity (Wildman–Crippen MR) is 229 cm³/mol. The molecular weight excluding hydrogens is 669 g/mol. The van der Waals surface area contributed by atoms with Crippen molar-refractivity contribution < 1.29 is 4.42 Å². The van der Waals surface area contributed by atoms with Gasteiger partial charge in [-0.15, -0.1) is 0 Å². The number of nitrogens with zero attached hydrogens (tertiary/aromatic N) is 2. The molecule has 266 valence electrons. The number of furan rings is 1. The molecule has 0 saturated carbocycles. The lowest BCUT2D eigenvalue weighted by Gasteiger charge is -2.31. The Labute approximate surface area is 323 Å². The number of rotatable bonds is 7. The Morgan fingerprint density at radius 2 is 0.764 bits per heavy atom. The molecule has 10 rings (SSSR count). The van der Waals surface area contributed by atoms with Crippen molar-refractivity contribution >= 4 is 34.1 Å². The molecule has 0 saturated heterocycles. The predicted octanol–water partition coefficient (Wildman–Crippen LogP) is 14.5. The first-order chi connectivity index (χ1) is 26.8. The van der Waals surface area contributed by atoms with Crippen LogP contribution in [0.2, 0.25) is 0 Å². The quantitative estimate of drug-likeness (QED) is 0.164. The Kier molecular flexibility index (Phi) is 7.50. The second-order valence-corrected chi connectivity index (χ2v) is 15.8. The molecule has 0 unspecified atom stereocenters. The van der Waals surface area contributed by atoms with Crippen molar-refractivity contribution in [2.24, 2.45) is 0 Å². The molecule has 7 aromatic carbocycles. The molecule has 0 spiro atoms. The number of anilines is 6. The highest BCUT2D eigenvalue weighted by Crippen LogP contribution is 2.62.